The van der Waals surface area contributed by atoms with Crippen LogP contribution >= 0.6 is 27.5 Å². The molecule has 0 amide bonds. The van der Waals surface area contributed by atoms with Gasteiger partial charge in [0.2, 0.25) is 0 Å². The molecule has 17 heavy (non-hydrogen) atoms. The maximum atomic E-state index is 5.89. The molecule has 0 aliphatic carbocycles. The maximum absolute atomic E-state index is 5.89. The van der Waals surface area contributed by atoms with Gasteiger partial charge in [0.05, 0.1) is 0 Å². The molecule has 0 heterocycles. The Balaban J connectivity index is 2.14. The first-order chi connectivity index (χ1) is 8.24. The molecular formula is C13H19BrClNO. The Morgan fingerprint density at radius 1 is 1.29 bits per heavy atom. The van der Waals surface area contributed by atoms with E-state index < -0.39 is 0 Å². The summed E-state index contributed by atoms with van der Waals surface area (Å²) < 4.78 is 6.07. The first-order valence-corrected chi connectivity index (χ1v) is 7.04. The fourth-order valence-corrected chi connectivity index (χ4v) is 2.38. The van der Waals surface area contributed by atoms with Crippen molar-refractivity contribution in [2.75, 3.05) is 20.3 Å². The highest BCUT2D eigenvalue weighted by Crippen LogP contribution is 2.21. The molecule has 1 aromatic carbocycles. The van der Waals surface area contributed by atoms with Crippen molar-refractivity contribution in [3.05, 3.63) is 33.3 Å². The lowest BCUT2D eigenvalue weighted by atomic mass is 10.2. The van der Waals surface area contributed by atoms with Crippen molar-refractivity contribution in [2.24, 2.45) is 0 Å². The molecule has 96 valence electrons. The van der Waals surface area contributed by atoms with E-state index in [-0.39, 0.29) is 0 Å². The van der Waals surface area contributed by atoms with Crippen LogP contribution in [0.25, 0.3) is 0 Å². The van der Waals surface area contributed by atoms with Crippen molar-refractivity contribution in [1.29, 1.82) is 0 Å². The second-order valence-electron chi connectivity index (χ2n) is 3.97. The molecule has 2 nitrogen and oxygen atoms in total. The second kappa shape index (κ2) is 8.92. The van der Waals surface area contributed by atoms with Crippen molar-refractivity contribution in [3.63, 3.8) is 0 Å². The van der Waals surface area contributed by atoms with Crippen LogP contribution in [0, 0.1) is 0 Å². The summed E-state index contributed by atoms with van der Waals surface area (Å²) in [5.41, 5.74) is 1.24. The van der Waals surface area contributed by atoms with E-state index in [1.54, 1.807) is 7.11 Å². The molecule has 4 heteroatoms. The predicted molar refractivity (Wildman–Crippen MR) is 76.6 cm³/mol. The van der Waals surface area contributed by atoms with E-state index in [2.05, 4.69) is 21.2 Å². The van der Waals surface area contributed by atoms with Crippen molar-refractivity contribution < 1.29 is 4.74 Å². The fourth-order valence-electron chi connectivity index (χ4n) is 1.56. The third kappa shape index (κ3) is 6.41. The van der Waals surface area contributed by atoms with E-state index in [1.807, 2.05) is 18.2 Å². The van der Waals surface area contributed by atoms with Crippen LogP contribution < -0.4 is 5.32 Å². The average molecular weight is 321 g/mol. The molecule has 0 aromatic heterocycles. The van der Waals surface area contributed by atoms with Gasteiger partial charge in [-0.3, -0.25) is 0 Å². The highest BCUT2D eigenvalue weighted by Gasteiger charge is 1.99. The van der Waals surface area contributed by atoms with E-state index in [0.29, 0.717) is 0 Å². The van der Waals surface area contributed by atoms with Crippen molar-refractivity contribution in [1.82, 2.24) is 5.32 Å². The second-order valence-corrected chi connectivity index (χ2v) is 5.26. The lowest BCUT2D eigenvalue weighted by Crippen LogP contribution is -2.15. The lowest BCUT2D eigenvalue weighted by Gasteiger charge is -2.07. The summed E-state index contributed by atoms with van der Waals surface area (Å²) in [5, 5.41) is 4.19. The standard InChI is InChI=1S/C13H19BrClNO/c1-17-8-4-2-3-7-16-10-11-5-6-12(15)9-13(11)14/h5-6,9,16H,2-4,7-8,10H2,1H3. The highest BCUT2D eigenvalue weighted by molar-refractivity contribution is 9.10. The Morgan fingerprint density at radius 3 is 2.82 bits per heavy atom. The molecule has 0 unspecified atom stereocenters. The number of rotatable bonds is 8. The normalized spacial score (nSPS) is 10.8. The van der Waals surface area contributed by atoms with Crippen molar-refractivity contribution >= 4 is 27.5 Å². The van der Waals surface area contributed by atoms with Gasteiger partial charge < -0.3 is 10.1 Å². The summed E-state index contributed by atoms with van der Waals surface area (Å²) >= 11 is 9.40. The zero-order chi connectivity index (χ0) is 12.5. The summed E-state index contributed by atoms with van der Waals surface area (Å²) in [5.74, 6) is 0. The van der Waals surface area contributed by atoms with Gasteiger partial charge in [-0.05, 0) is 43.5 Å². The molecule has 1 aromatic rings. The Labute approximate surface area is 117 Å². The van der Waals surface area contributed by atoms with Gasteiger partial charge in [-0.2, -0.15) is 0 Å². The fraction of sp³-hybridized carbons (Fsp3) is 0.538. The van der Waals surface area contributed by atoms with E-state index in [1.165, 1.54) is 18.4 Å². The first-order valence-electron chi connectivity index (χ1n) is 5.87. The smallest absolute Gasteiger partial charge is 0.0462 e. The molecule has 0 aliphatic heterocycles. The quantitative estimate of drug-likeness (QED) is 0.731. The number of methoxy groups -OCH3 is 1. The summed E-state index contributed by atoms with van der Waals surface area (Å²) in [7, 11) is 1.75. The summed E-state index contributed by atoms with van der Waals surface area (Å²) in [6.07, 6.45) is 3.54. The van der Waals surface area contributed by atoms with Crippen LogP contribution in [0.5, 0.6) is 0 Å². The van der Waals surface area contributed by atoms with Crippen LogP contribution in [-0.2, 0) is 11.3 Å². The van der Waals surface area contributed by atoms with E-state index >= 15 is 0 Å². The minimum atomic E-state index is 0.764. The number of ether oxygens (including phenoxy) is 1. The van der Waals surface area contributed by atoms with E-state index in [9.17, 15) is 0 Å². The van der Waals surface area contributed by atoms with Gasteiger partial charge in [0.1, 0.15) is 0 Å². The highest BCUT2D eigenvalue weighted by atomic mass is 79.9. The SMILES string of the molecule is COCCCCCNCc1ccc(Cl)cc1Br. The molecular weight excluding hydrogens is 302 g/mol. The van der Waals surface area contributed by atoms with Crippen LogP contribution in [0.3, 0.4) is 0 Å². The topological polar surface area (TPSA) is 21.3 Å². The molecule has 0 radical (unpaired) electrons. The van der Waals surface area contributed by atoms with Gasteiger partial charge in [-0.25, -0.2) is 0 Å². The van der Waals surface area contributed by atoms with Crippen LogP contribution in [-0.4, -0.2) is 20.3 Å². The Kier molecular flexibility index (Phi) is 7.86. The minimum Gasteiger partial charge on any atom is -0.385 e. The zero-order valence-electron chi connectivity index (χ0n) is 10.1. The van der Waals surface area contributed by atoms with Crippen molar-refractivity contribution in [2.45, 2.75) is 25.8 Å². The molecule has 0 aliphatic rings. The Bertz CT molecular complexity index is 333. The number of halogens is 2. The monoisotopic (exact) mass is 319 g/mol. The lowest BCUT2D eigenvalue weighted by molar-refractivity contribution is 0.192. The summed E-state index contributed by atoms with van der Waals surface area (Å²) in [6.45, 7) is 2.78. The van der Waals surface area contributed by atoms with Crippen LogP contribution in [0.1, 0.15) is 24.8 Å². The van der Waals surface area contributed by atoms with Gasteiger partial charge in [0.15, 0.2) is 0 Å². The zero-order valence-corrected chi connectivity index (χ0v) is 12.5. The van der Waals surface area contributed by atoms with Gasteiger partial charge in [-0.1, -0.05) is 33.6 Å². The molecule has 1 N–H and O–H groups in total. The van der Waals surface area contributed by atoms with Gasteiger partial charge in [0, 0.05) is 29.8 Å². The molecule has 0 saturated carbocycles. The van der Waals surface area contributed by atoms with Crippen LogP contribution in [0.2, 0.25) is 5.02 Å². The van der Waals surface area contributed by atoms with Crippen LogP contribution in [0.4, 0.5) is 0 Å². The first kappa shape index (κ1) is 15.0. The largest absolute Gasteiger partial charge is 0.385 e. The number of benzene rings is 1. The Morgan fingerprint density at radius 2 is 2.12 bits per heavy atom. The number of hydrogen-bond donors (Lipinski definition) is 1. The third-order valence-corrected chi connectivity index (χ3v) is 3.51. The minimum absolute atomic E-state index is 0.764. The third-order valence-electron chi connectivity index (χ3n) is 2.53. The number of hydrogen-bond acceptors (Lipinski definition) is 2. The number of nitrogens with one attached hydrogen (secondary N) is 1. The number of unbranched alkanes of at least 4 members (excludes halogenated alkanes) is 2. The summed E-state index contributed by atoms with van der Waals surface area (Å²) in [6, 6.07) is 5.89. The molecule has 1 rings (SSSR count). The van der Waals surface area contributed by atoms with E-state index in [4.69, 9.17) is 16.3 Å². The predicted octanol–water partition coefficient (Wildman–Crippen LogP) is 4.01. The van der Waals surface area contributed by atoms with Gasteiger partial charge in [0.25, 0.3) is 0 Å². The van der Waals surface area contributed by atoms with Gasteiger partial charge in [-0.15, -0.1) is 0 Å². The molecule has 0 fully saturated rings. The average Bonchev–Trinajstić information content (AvgIpc) is 2.30. The molecule has 0 saturated heterocycles. The Hall–Kier alpha value is -0.0900. The van der Waals surface area contributed by atoms with E-state index in [0.717, 1.165) is 35.6 Å². The molecule has 0 spiro atoms. The van der Waals surface area contributed by atoms with Gasteiger partial charge >= 0.3 is 0 Å². The molecule has 0 bridgehead atoms. The van der Waals surface area contributed by atoms with Crippen LogP contribution in [0.15, 0.2) is 22.7 Å². The van der Waals surface area contributed by atoms with Crippen molar-refractivity contribution in [3.8, 4) is 0 Å². The maximum Gasteiger partial charge on any atom is 0.0462 e. The molecule has 0 atom stereocenters. The summed E-state index contributed by atoms with van der Waals surface area (Å²) in [4.78, 5) is 0.